The summed E-state index contributed by atoms with van der Waals surface area (Å²) in [5.74, 6) is 0. The van der Waals surface area contributed by atoms with Crippen molar-refractivity contribution < 1.29 is 0 Å². The van der Waals surface area contributed by atoms with Crippen molar-refractivity contribution in [3.8, 4) is 0 Å². The molecule has 1 atom stereocenters. The van der Waals surface area contributed by atoms with Crippen molar-refractivity contribution >= 4 is 28.6 Å². The number of benzene rings is 1. The quantitative estimate of drug-likeness (QED) is 0.861. The van der Waals surface area contributed by atoms with Gasteiger partial charge in [-0.3, -0.25) is 9.98 Å². The van der Waals surface area contributed by atoms with Gasteiger partial charge in [0.05, 0.1) is 17.1 Å². The zero-order valence-corrected chi connectivity index (χ0v) is 12.9. The van der Waals surface area contributed by atoms with Gasteiger partial charge < -0.3 is 5.73 Å². The van der Waals surface area contributed by atoms with E-state index in [1.165, 1.54) is 0 Å². The summed E-state index contributed by atoms with van der Waals surface area (Å²) in [5, 5.41) is 0.684. The molecule has 0 saturated heterocycles. The number of rotatable bonds is 4. The number of aromatic nitrogens is 1. The van der Waals surface area contributed by atoms with Crippen LogP contribution in [0.3, 0.4) is 0 Å². The van der Waals surface area contributed by atoms with Gasteiger partial charge in [0.15, 0.2) is 0 Å². The third kappa shape index (κ3) is 3.57. The second-order valence-corrected chi connectivity index (χ2v) is 5.27. The first kappa shape index (κ1) is 15.4. The van der Waals surface area contributed by atoms with Gasteiger partial charge in [0.2, 0.25) is 0 Å². The average molecular weight is 300 g/mol. The monoisotopic (exact) mass is 299 g/mol. The Morgan fingerprint density at radius 3 is 2.67 bits per heavy atom. The van der Waals surface area contributed by atoms with E-state index in [4.69, 9.17) is 17.3 Å². The molecule has 0 aliphatic rings. The standard InChI is InChI=1S/C17H18ClN3/c1-11-14(18)7-6-9-16(11)21-17(13(3)19)12(2)15-8-4-5-10-20-15/h4-10,13H,2,19H2,1,3H3. The van der Waals surface area contributed by atoms with Crippen LogP contribution >= 0.6 is 11.6 Å². The third-order valence-corrected chi connectivity index (χ3v) is 3.60. The van der Waals surface area contributed by atoms with E-state index >= 15 is 0 Å². The summed E-state index contributed by atoms with van der Waals surface area (Å²) >= 11 is 6.14. The Morgan fingerprint density at radius 1 is 1.29 bits per heavy atom. The zero-order chi connectivity index (χ0) is 15.4. The predicted octanol–water partition coefficient (Wildman–Crippen LogP) is 4.18. The van der Waals surface area contributed by atoms with Gasteiger partial charge in [0.25, 0.3) is 0 Å². The smallest absolute Gasteiger partial charge is 0.0714 e. The molecule has 0 spiro atoms. The van der Waals surface area contributed by atoms with Crippen LogP contribution in [0.25, 0.3) is 5.57 Å². The fourth-order valence-electron chi connectivity index (χ4n) is 1.96. The van der Waals surface area contributed by atoms with Crippen LogP contribution in [0.1, 0.15) is 18.2 Å². The van der Waals surface area contributed by atoms with Crippen molar-refractivity contribution in [2.75, 3.05) is 0 Å². The van der Waals surface area contributed by atoms with Gasteiger partial charge in [0.1, 0.15) is 0 Å². The first-order valence-electron chi connectivity index (χ1n) is 6.70. The van der Waals surface area contributed by atoms with Gasteiger partial charge in [-0.25, -0.2) is 0 Å². The molecule has 0 radical (unpaired) electrons. The van der Waals surface area contributed by atoms with E-state index in [1.807, 2.05) is 50.2 Å². The fraction of sp³-hybridized carbons (Fsp3) is 0.176. The molecule has 2 rings (SSSR count). The van der Waals surface area contributed by atoms with Crippen LogP contribution in [0.5, 0.6) is 0 Å². The Kier molecular flexibility index (Phi) is 4.89. The molecule has 1 heterocycles. The topological polar surface area (TPSA) is 51.3 Å². The number of pyridine rings is 1. The molecule has 4 heteroatoms. The van der Waals surface area contributed by atoms with Crippen LogP contribution in [-0.2, 0) is 0 Å². The molecule has 108 valence electrons. The summed E-state index contributed by atoms with van der Waals surface area (Å²) in [6.45, 7) is 7.90. The molecule has 0 aliphatic heterocycles. The maximum Gasteiger partial charge on any atom is 0.0714 e. The van der Waals surface area contributed by atoms with Gasteiger partial charge in [-0.1, -0.05) is 30.3 Å². The summed E-state index contributed by atoms with van der Waals surface area (Å²) in [6.07, 6.45) is 1.73. The lowest BCUT2D eigenvalue weighted by Crippen LogP contribution is -2.27. The molecule has 1 unspecified atom stereocenters. The van der Waals surface area contributed by atoms with Gasteiger partial charge in [-0.15, -0.1) is 0 Å². The van der Waals surface area contributed by atoms with E-state index in [-0.39, 0.29) is 6.04 Å². The van der Waals surface area contributed by atoms with Crippen molar-refractivity contribution in [2.45, 2.75) is 19.9 Å². The molecule has 0 fully saturated rings. The van der Waals surface area contributed by atoms with Gasteiger partial charge in [-0.2, -0.15) is 0 Å². The first-order valence-corrected chi connectivity index (χ1v) is 7.08. The summed E-state index contributed by atoms with van der Waals surface area (Å²) in [7, 11) is 0. The maximum atomic E-state index is 6.14. The molecule has 0 bridgehead atoms. The van der Waals surface area contributed by atoms with Crippen LogP contribution in [0.2, 0.25) is 5.02 Å². The Labute approximate surface area is 130 Å². The Morgan fingerprint density at radius 2 is 2.05 bits per heavy atom. The van der Waals surface area contributed by atoms with Crippen LogP contribution in [0.15, 0.2) is 54.2 Å². The Balaban J connectivity index is 2.47. The normalized spacial score (nSPS) is 13.0. The number of nitrogens with two attached hydrogens (primary N) is 1. The van der Waals surface area contributed by atoms with Crippen molar-refractivity contribution in [3.63, 3.8) is 0 Å². The van der Waals surface area contributed by atoms with Gasteiger partial charge in [-0.05, 0) is 43.7 Å². The largest absolute Gasteiger partial charge is 0.323 e. The zero-order valence-electron chi connectivity index (χ0n) is 12.2. The van der Waals surface area contributed by atoms with Crippen LogP contribution in [0, 0.1) is 6.92 Å². The number of aliphatic imine (C=N–C) groups is 1. The lowest BCUT2D eigenvalue weighted by Gasteiger charge is -2.14. The highest BCUT2D eigenvalue weighted by molar-refractivity contribution is 6.32. The minimum Gasteiger partial charge on any atom is -0.323 e. The van der Waals surface area contributed by atoms with Crippen LogP contribution in [-0.4, -0.2) is 16.7 Å². The molecule has 1 aromatic carbocycles. The van der Waals surface area contributed by atoms with E-state index < -0.39 is 0 Å². The van der Waals surface area contributed by atoms with E-state index in [2.05, 4.69) is 16.6 Å². The number of hydrogen-bond acceptors (Lipinski definition) is 3. The summed E-state index contributed by atoms with van der Waals surface area (Å²) < 4.78 is 0. The van der Waals surface area contributed by atoms with E-state index in [1.54, 1.807) is 6.20 Å². The molecule has 2 aromatic rings. The lowest BCUT2D eigenvalue weighted by atomic mass is 10.0. The van der Waals surface area contributed by atoms with Gasteiger partial charge >= 0.3 is 0 Å². The number of nitrogens with zero attached hydrogens (tertiary/aromatic N) is 2. The molecular formula is C17H18ClN3. The summed E-state index contributed by atoms with van der Waals surface area (Å²) in [6, 6.07) is 11.0. The SMILES string of the molecule is C=C(C(=Nc1cccc(Cl)c1C)C(C)N)c1ccccn1. The number of hydrogen-bond donors (Lipinski definition) is 1. The van der Waals surface area contributed by atoms with Gasteiger partial charge in [0, 0.05) is 22.8 Å². The highest BCUT2D eigenvalue weighted by Gasteiger charge is 2.14. The second-order valence-electron chi connectivity index (χ2n) is 4.86. The fourth-order valence-corrected chi connectivity index (χ4v) is 2.13. The van der Waals surface area contributed by atoms with Crippen molar-refractivity contribution in [1.29, 1.82) is 0 Å². The molecule has 3 nitrogen and oxygen atoms in total. The van der Waals surface area contributed by atoms with E-state index in [9.17, 15) is 0 Å². The Hall–Kier alpha value is -1.97. The molecule has 21 heavy (non-hydrogen) atoms. The van der Waals surface area contributed by atoms with E-state index in [0.29, 0.717) is 10.7 Å². The Bertz CT molecular complexity index is 676. The minimum absolute atomic E-state index is 0.252. The van der Waals surface area contributed by atoms with Crippen molar-refractivity contribution in [1.82, 2.24) is 4.98 Å². The lowest BCUT2D eigenvalue weighted by molar-refractivity contribution is 0.978. The van der Waals surface area contributed by atoms with Crippen molar-refractivity contribution in [3.05, 3.63) is 65.5 Å². The number of halogens is 1. The maximum absolute atomic E-state index is 6.14. The highest BCUT2D eigenvalue weighted by Crippen LogP contribution is 2.27. The predicted molar refractivity (Wildman–Crippen MR) is 90.2 cm³/mol. The third-order valence-electron chi connectivity index (χ3n) is 3.19. The summed E-state index contributed by atoms with van der Waals surface area (Å²) in [5.41, 5.74) is 9.98. The average Bonchev–Trinajstić information content (AvgIpc) is 2.48. The van der Waals surface area contributed by atoms with Crippen LogP contribution < -0.4 is 5.73 Å². The summed E-state index contributed by atoms with van der Waals surface area (Å²) in [4.78, 5) is 8.96. The minimum atomic E-state index is -0.252. The van der Waals surface area contributed by atoms with Crippen LogP contribution in [0.4, 0.5) is 5.69 Å². The molecule has 1 aromatic heterocycles. The van der Waals surface area contributed by atoms with Crippen molar-refractivity contribution in [2.24, 2.45) is 10.7 Å². The highest BCUT2D eigenvalue weighted by atomic mass is 35.5. The van der Waals surface area contributed by atoms with E-state index in [0.717, 1.165) is 22.5 Å². The molecular weight excluding hydrogens is 282 g/mol. The molecule has 0 amide bonds. The molecule has 0 aliphatic carbocycles. The molecule has 0 saturated carbocycles. The molecule has 2 N–H and O–H groups in total. The second kappa shape index (κ2) is 6.66. The first-order chi connectivity index (χ1) is 10.0.